The van der Waals surface area contributed by atoms with Crippen LogP contribution in [0.25, 0.3) is 0 Å². The molecule has 1 amide bonds. The smallest absolute Gasteiger partial charge is 0.243 e. The van der Waals surface area contributed by atoms with Gasteiger partial charge in [-0.2, -0.15) is 4.31 Å². The van der Waals surface area contributed by atoms with Gasteiger partial charge in [0.15, 0.2) is 0 Å². The van der Waals surface area contributed by atoms with Crippen molar-refractivity contribution in [2.24, 2.45) is 0 Å². The summed E-state index contributed by atoms with van der Waals surface area (Å²) in [5, 5.41) is 3.59. The van der Waals surface area contributed by atoms with Crippen LogP contribution in [0.3, 0.4) is 0 Å². The molecule has 8 heteroatoms. The molecule has 6 nitrogen and oxygen atoms in total. The van der Waals surface area contributed by atoms with E-state index in [1.165, 1.54) is 16.1 Å². The fourth-order valence-corrected chi connectivity index (χ4v) is 5.11. The average Bonchev–Trinajstić information content (AvgIpc) is 2.69. The zero-order chi connectivity index (χ0) is 19.3. The third-order valence-electron chi connectivity index (χ3n) is 4.42. The Morgan fingerprint density at radius 2 is 1.96 bits per heavy atom. The lowest BCUT2D eigenvalue weighted by Crippen LogP contribution is -2.35. The van der Waals surface area contributed by atoms with Crippen LogP contribution in [-0.2, 0) is 14.8 Å². The van der Waals surface area contributed by atoms with E-state index in [1.807, 2.05) is 25.1 Å². The Hall–Kier alpha value is -1.90. The second-order valence-corrected chi connectivity index (χ2v) is 9.38. The lowest BCUT2D eigenvalue weighted by atomic mass is 10.2. The van der Waals surface area contributed by atoms with Gasteiger partial charge in [-0.3, -0.25) is 4.79 Å². The van der Waals surface area contributed by atoms with Crippen LogP contribution in [0.1, 0.15) is 24.8 Å². The number of amides is 1. The van der Waals surface area contributed by atoms with E-state index in [9.17, 15) is 13.2 Å². The minimum Gasteiger partial charge on any atom is -0.325 e. The van der Waals surface area contributed by atoms with Gasteiger partial charge in [0, 0.05) is 25.0 Å². The van der Waals surface area contributed by atoms with Crippen LogP contribution in [0.4, 0.5) is 5.69 Å². The molecule has 0 bridgehead atoms. The second kappa shape index (κ2) is 8.86. The number of anilines is 1. The molecule has 0 aliphatic carbocycles. The summed E-state index contributed by atoms with van der Waals surface area (Å²) in [5.74, 6) is 0.0146. The van der Waals surface area contributed by atoms with Gasteiger partial charge in [0.2, 0.25) is 15.9 Å². The van der Waals surface area contributed by atoms with E-state index in [0.29, 0.717) is 18.8 Å². The SMILES string of the molecule is Cc1ccc(S(=O)(=O)N2CCCCC2)cc1NC(=O)CSc1ccccn1. The number of thioether (sulfide) groups is 1. The number of nitrogens with zero attached hydrogens (tertiary/aromatic N) is 2. The lowest BCUT2D eigenvalue weighted by molar-refractivity contribution is -0.113. The number of hydrogen-bond donors (Lipinski definition) is 1. The Morgan fingerprint density at radius 1 is 1.19 bits per heavy atom. The molecule has 1 aliphatic heterocycles. The van der Waals surface area contributed by atoms with Gasteiger partial charge in [-0.25, -0.2) is 13.4 Å². The number of pyridine rings is 1. The van der Waals surface area contributed by atoms with Crippen molar-refractivity contribution in [3.05, 3.63) is 48.2 Å². The number of hydrogen-bond acceptors (Lipinski definition) is 5. The van der Waals surface area contributed by atoms with E-state index in [-0.39, 0.29) is 16.6 Å². The van der Waals surface area contributed by atoms with E-state index < -0.39 is 10.0 Å². The molecule has 0 atom stereocenters. The van der Waals surface area contributed by atoms with E-state index in [0.717, 1.165) is 29.9 Å². The maximum Gasteiger partial charge on any atom is 0.243 e. The van der Waals surface area contributed by atoms with Crippen molar-refractivity contribution in [3.63, 3.8) is 0 Å². The number of aromatic nitrogens is 1. The maximum absolute atomic E-state index is 12.8. The molecule has 1 aromatic carbocycles. The number of piperidine rings is 1. The standard InChI is InChI=1S/C19H23N3O3S2/c1-15-8-9-16(27(24,25)22-11-5-2-6-12-22)13-17(15)21-18(23)14-26-19-7-3-4-10-20-19/h3-4,7-10,13H,2,5-6,11-12,14H2,1H3,(H,21,23). The first kappa shape index (κ1) is 19.9. The Bertz CT molecular complexity index is 896. The Kier molecular flexibility index (Phi) is 6.51. The van der Waals surface area contributed by atoms with Gasteiger partial charge in [-0.1, -0.05) is 30.3 Å². The number of carbonyl (C=O) groups excluding carboxylic acids is 1. The monoisotopic (exact) mass is 405 g/mol. The number of benzene rings is 1. The van der Waals surface area contributed by atoms with Crippen LogP contribution in [-0.4, -0.2) is 42.5 Å². The predicted molar refractivity (Wildman–Crippen MR) is 107 cm³/mol. The predicted octanol–water partition coefficient (Wildman–Crippen LogP) is 3.30. The maximum atomic E-state index is 12.8. The third kappa shape index (κ3) is 5.09. The molecule has 1 N–H and O–H groups in total. The molecule has 1 saturated heterocycles. The van der Waals surface area contributed by atoms with Crippen LogP contribution in [0.5, 0.6) is 0 Å². The number of rotatable bonds is 6. The van der Waals surface area contributed by atoms with Crippen molar-refractivity contribution in [2.75, 3.05) is 24.2 Å². The highest BCUT2D eigenvalue weighted by Gasteiger charge is 2.26. The molecule has 0 spiro atoms. The molecular weight excluding hydrogens is 382 g/mol. The highest BCUT2D eigenvalue weighted by atomic mass is 32.2. The van der Waals surface area contributed by atoms with Gasteiger partial charge >= 0.3 is 0 Å². The van der Waals surface area contributed by atoms with Gasteiger partial charge in [-0.05, 0) is 49.6 Å². The quantitative estimate of drug-likeness (QED) is 0.746. The van der Waals surface area contributed by atoms with E-state index in [2.05, 4.69) is 10.3 Å². The van der Waals surface area contributed by atoms with Crippen molar-refractivity contribution in [1.29, 1.82) is 0 Å². The summed E-state index contributed by atoms with van der Waals surface area (Å²) in [6.45, 7) is 2.95. The van der Waals surface area contributed by atoms with Crippen LogP contribution in [0.2, 0.25) is 0 Å². The van der Waals surface area contributed by atoms with Gasteiger partial charge in [0.1, 0.15) is 0 Å². The Labute approximate surface area is 164 Å². The molecule has 1 fully saturated rings. The van der Waals surface area contributed by atoms with Crippen LogP contribution in [0, 0.1) is 6.92 Å². The summed E-state index contributed by atoms with van der Waals surface area (Å²) >= 11 is 1.34. The largest absolute Gasteiger partial charge is 0.325 e. The zero-order valence-corrected chi connectivity index (χ0v) is 16.9. The van der Waals surface area contributed by atoms with E-state index in [4.69, 9.17) is 0 Å². The molecule has 0 saturated carbocycles. The lowest BCUT2D eigenvalue weighted by Gasteiger charge is -2.26. The zero-order valence-electron chi connectivity index (χ0n) is 15.2. The molecular formula is C19H23N3O3S2. The molecule has 0 unspecified atom stereocenters. The first-order chi connectivity index (χ1) is 13.0. The Balaban J connectivity index is 1.70. The first-order valence-electron chi connectivity index (χ1n) is 8.91. The number of sulfonamides is 1. The fraction of sp³-hybridized carbons (Fsp3) is 0.368. The molecule has 2 heterocycles. The van der Waals surface area contributed by atoms with E-state index >= 15 is 0 Å². The number of nitrogens with one attached hydrogen (secondary N) is 1. The minimum absolute atomic E-state index is 0.193. The molecule has 3 rings (SSSR count). The van der Waals surface area contributed by atoms with Crippen LogP contribution >= 0.6 is 11.8 Å². The number of carbonyl (C=O) groups is 1. The second-order valence-electron chi connectivity index (χ2n) is 6.45. The van der Waals surface area contributed by atoms with Crippen molar-refractivity contribution in [3.8, 4) is 0 Å². The van der Waals surface area contributed by atoms with Gasteiger partial charge in [0.05, 0.1) is 15.7 Å². The number of aryl methyl sites for hydroxylation is 1. The highest BCUT2D eigenvalue weighted by Crippen LogP contribution is 2.25. The van der Waals surface area contributed by atoms with Crippen molar-refractivity contribution >= 4 is 33.4 Å². The molecule has 2 aromatic rings. The van der Waals surface area contributed by atoms with Crippen molar-refractivity contribution < 1.29 is 13.2 Å². The normalized spacial score (nSPS) is 15.4. The van der Waals surface area contributed by atoms with Gasteiger partial charge < -0.3 is 5.32 Å². The molecule has 0 radical (unpaired) electrons. The van der Waals surface area contributed by atoms with Gasteiger partial charge in [-0.15, -0.1) is 0 Å². The summed E-state index contributed by atoms with van der Waals surface area (Å²) < 4.78 is 27.2. The van der Waals surface area contributed by atoms with Crippen LogP contribution < -0.4 is 5.32 Å². The summed E-state index contributed by atoms with van der Waals surface area (Å²) in [6, 6.07) is 10.4. The summed E-state index contributed by atoms with van der Waals surface area (Å²) in [5.41, 5.74) is 1.35. The summed E-state index contributed by atoms with van der Waals surface area (Å²) in [7, 11) is -3.53. The minimum atomic E-state index is -3.53. The fourth-order valence-electron chi connectivity index (χ4n) is 2.91. The Morgan fingerprint density at radius 3 is 2.67 bits per heavy atom. The highest BCUT2D eigenvalue weighted by molar-refractivity contribution is 7.99. The summed E-state index contributed by atoms with van der Waals surface area (Å²) in [6.07, 6.45) is 4.52. The molecule has 1 aliphatic rings. The molecule has 144 valence electrons. The molecule has 27 heavy (non-hydrogen) atoms. The van der Waals surface area contributed by atoms with Crippen molar-refractivity contribution in [2.45, 2.75) is 36.1 Å². The third-order valence-corrected chi connectivity index (χ3v) is 7.26. The average molecular weight is 406 g/mol. The first-order valence-corrected chi connectivity index (χ1v) is 11.3. The molecule has 1 aromatic heterocycles. The van der Waals surface area contributed by atoms with Gasteiger partial charge in [0.25, 0.3) is 0 Å². The summed E-state index contributed by atoms with van der Waals surface area (Å²) in [4.78, 5) is 16.7. The topological polar surface area (TPSA) is 79.4 Å². The van der Waals surface area contributed by atoms with Crippen LogP contribution in [0.15, 0.2) is 52.5 Å². The van der Waals surface area contributed by atoms with Crippen molar-refractivity contribution in [1.82, 2.24) is 9.29 Å². The van der Waals surface area contributed by atoms with E-state index in [1.54, 1.807) is 24.4 Å².